The van der Waals surface area contributed by atoms with Crippen LogP contribution in [-0.4, -0.2) is 28.4 Å². The van der Waals surface area contributed by atoms with Crippen LogP contribution in [0.5, 0.6) is 0 Å². The number of ketones is 2. The fraction of sp³-hybridized carbons (Fsp3) is 0.538. The lowest BCUT2D eigenvalue weighted by Gasteiger charge is -2.27. The molecule has 1 fully saturated rings. The van der Waals surface area contributed by atoms with Crippen LogP contribution in [0.4, 0.5) is 4.39 Å². The third kappa shape index (κ3) is 7.05. The second-order valence-electron chi connectivity index (χ2n) is 8.70. The second-order valence-corrected chi connectivity index (χ2v) is 8.70. The number of carbonyl (C=O) groups excluding carboxylic acids is 2. The van der Waals surface area contributed by atoms with Crippen molar-refractivity contribution in [3.8, 4) is 0 Å². The number of hydrogen-bond donors (Lipinski definition) is 0. The number of carbonyl (C=O) groups is 2. The smallest absolute Gasteiger partial charge is 0.187 e. The van der Waals surface area contributed by atoms with Crippen molar-refractivity contribution in [3.63, 3.8) is 0 Å². The van der Waals surface area contributed by atoms with Gasteiger partial charge in [-0.25, -0.2) is 0 Å². The molecule has 0 bridgehead atoms. The molecule has 0 spiro atoms. The van der Waals surface area contributed by atoms with Crippen molar-refractivity contribution in [1.29, 1.82) is 0 Å². The van der Waals surface area contributed by atoms with Gasteiger partial charge in [-0.3, -0.25) is 14.0 Å². The SMILES string of the molecule is CCC(=O)CCC1CCC(c2ccc(C(=O)Cc3ccc(CCCF)cc3)nn2)CC1. The maximum Gasteiger partial charge on any atom is 0.187 e. The van der Waals surface area contributed by atoms with Gasteiger partial charge < -0.3 is 0 Å². The minimum atomic E-state index is -0.309. The van der Waals surface area contributed by atoms with E-state index in [2.05, 4.69) is 10.2 Å². The van der Waals surface area contributed by atoms with Crippen LogP contribution in [0.25, 0.3) is 0 Å². The number of halogens is 1. The van der Waals surface area contributed by atoms with Crippen LogP contribution in [0.3, 0.4) is 0 Å². The maximum atomic E-state index is 12.6. The largest absolute Gasteiger partial charge is 0.300 e. The molecule has 4 nitrogen and oxygen atoms in total. The molecule has 31 heavy (non-hydrogen) atoms. The summed E-state index contributed by atoms with van der Waals surface area (Å²) in [5.74, 6) is 1.36. The number of nitrogens with zero attached hydrogens (tertiary/aromatic N) is 2. The van der Waals surface area contributed by atoms with E-state index in [1.165, 1.54) is 0 Å². The Hall–Kier alpha value is -2.43. The first-order valence-corrected chi connectivity index (χ1v) is 11.6. The van der Waals surface area contributed by atoms with Gasteiger partial charge in [0.1, 0.15) is 11.5 Å². The average Bonchev–Trinajstić information content (AvgIpc) is 2.82. The predicted octanol–water partition coefficient (Wildman–Crippen LogP) is 5.84. The number of benzene rings is 1. The Kier molecular flexibility index (Phi) is 8.86. The fourth-order valence-electron chi connectivity index (χ4n) is 4.37. The summed E-state index contributed by atoms with van der Waals surface area (Å²) in [5.41, 5.74) is 3.39. The summed E-state index contributed by atoms with van der Waals surface area (Å²) in [6.45, 7) is 1.62. The van der Waals surface area contributed by atoms with Crippen molar-refractivity contribution in [2.24, 2.45) is 5.92 Å². The molecule has 0 unspecified atom stereocenters. The molecule has 0 saturated heterocycles. The van der Waals surface area contributed by atoms with Gasteiger partial charge in [-0.1, -0.05) is 31.2 Å². The zero-order valence-electron chi connectivity index (χ0n) is 18.5. The van der Waals surface area contributed by atoms with E-state index in [1.807, 2.05) is 37.3 Å². The summed E-state index contributed by atoms with van der Waals surface area (Å²) in [6.07, 6.45) is 8.30. The summed E-state index contributed by atoms with van der Waals surface area (Å²) in [7, 11) is 0. The van der Waals surface area contributed by atoms with Crippen LogP contribution in [0.2, 0.25) is 0 Å². The third-order valence-electron chi connectivity index (χ3n) is 6.45. The Labute approximate surface area is 184 Å². The fourth-order valence-corrected chi connectivity index (χ4v) is 4.37. The van der Waals surface area contributed by atoms with E-state index in [1.54, 1.807) is 6.07 Å². The van der Waals surface area contributed by atoms with Gasteiger partial charge in [0.25, 0.3) is 0 Å². The zero-order chi connectivity index (χ0) is 22.1. The molecule has 0 amide bonds. The number of rotatable bonds is 11. The van der Waals surface area contributed by atoms with Gasteiger partial charge in [0.05, 0.1) is 12.4 Å². The molecule has 1 aromatic carbocycles. The molecular formula is C26H33FN2O2. The molecule has 0 N–H and O–H groups in total. The molecule has 0 atom stereocenters. The standard InChI is InChI=1S/C26H33FN2O2/c1-2-23(30)14-11-20-9-12-22(13-10-20)24-15-16-25(29-28-24)26(31)18-21-7-5-19(6-8-21)4-3-17-27/h5-8,15-16,20,22H,2-4,9-14,17-18H2,1H3. The van der Waals surface area contributed by atoms with E-state index in [0.29, 0.717) is 49.0 Å². The average molecular weight is 425 g/mol. The van der Waals surface area contributed by atoms with Crippen molar-refractivity contribution in [2.75, 3.05) is 6.67 Å². The van der Waals surface area contributed by atoms with E-state index in [0.717, 1.165) is 55.3 Å². The normalized spacial score (nSPS) is 18.6. The van der Waals surface area contributed by atoms with Crippen molar-refractivity contribution in [3.05, 3.63) is 58.9 Å². The van der Waals surface area contributed by atoms with Gasteiger partial charge in [0.15, 0.2) is 5.78 Å². The Balaban J connectivity index is 1.48. The number of hydrogen-bond acceptors (Lipinski definition) is 4. The maximum absolute atomic E-state index is 12.6. The van der Waals surface area contributed by atoms with E-state index in [9.17, 15) is 14.0 Å². The highest BCUT2D eigenvalue weighted by Gasteiger charge is 2.24. The molecule has 3 rings (SSSR count). The van der Waals surface area contributed by atoms with E-state index >= 15 is 0 Å². The quantitative estimate of drug-likeness (QED) is 0.425. The summed E-state index contributed by atoms with van der Waals surface area (Å²) in [4.78, 5) is 24.1. The molecule has 1 heterocycles. The lowest BCUT2D eigenvalue weighted by Crippen LogP contribution is -2.16. The summed E-state index contributed by atoms with van der Waals surface area (Å²) >= 11 is 0. The Morgan fingerprint density at radius 3 is 2.29 bits per heavy atom. The van der Waals surface area contributed by atoms with Gasteiger partial charge in [-0.15, -0.1) is 5.10 Å². The topological polar surface area (TPSA) is 59.9 Å². The van der Waals surface area contributed by atoms with E-state index in [4.69, 9.17) is 0 Å². The minimum absolute atomic E-state index is 0.0418. The van der Waals surface area contributed by atoms with Crippen LogP contribution >= 0.6 is 0 Å². The first kappa shape index (κ1) is 23.2. The van der Waals surface area contributed by atoms with Gasteiger partial charge in [0, 0.05) is 25.2 Å². The Morgan fingerprint density at radius 1 is 0.968 bits per heavy atom. The molecule has 0 radical (unpaired) electrons. The lowest BCUT2D eigenvalue weighted by molar-refractivity contribution is -0.119. The Morgan fingerprint density at radius 2 is 1.68 bits per heavy atom. The predicted molar refractivity (Wildman–Crippen MR) is 120 cm³/mol. The van der Waals surface area contributed by atoms with E-state index < -0.39 is 0 Å². The molecule has 1 saturated carbocycles. The van der Waals surface area contributed by atoms with Gasteiger partial charge in [-0.05, 0) is 74.1 Å². The third-order valence-corrected chi connectivity index (χ3v) is 6.45. The number of aryl methyl sites for hydroxylation is 1. The van der Waals surface area contributed by atoms with Crippen LogP contribution in [-0.2, 0) is 17.6 Å². The molecule has 5 heteroatoms. The highest BCUT2D eigenvalue weighted by molar-refractivity contribution is 5.95. The van der Waals surface area contributed by atoms with Crippen LogP contribution in [0, 0.1) is 5.92 Å². The highest BCUT2D eigenvalue weighted by atomic mass is 19.1. The van der Waals surface area contributed by atoms with Crippen molar-refractivity contribution in [2.45, 2.75) is 77.0 Å². The monoisotopic (exact) mass is 424 g/mol. The van der Waals surface area contributed by atoms with E-state index in [-0.39, 0.29) is 12.5 Å². The molecule has 1 aliphatic carbocycles. The van der Waals surface area contributed by atoms with Gasteiger partial charge in [-0.2, -0.15) is 5.10 Å². The van der Waals surface area contributed by atoms with Gasteiger partial charge >= 0.3 is 0 Å². The Bertz CT molecular complexity index is 841. The highest BCUT2D eigenvalue weighted by Crippen LogP contribution is 2.36. The number of aromatic nitrogens is 2. The molecule has 1 aliphatic rings. The summed E-state index contributed by atoms with van der Waals surface area (Å²) < 4.78 is 12.3. The molecule has 1 aromatic heterocycles. The number of alkyl halides is 1. The van der Waals surface area contributed by atoms with Crippen molar-refractivity contribution >= 4 is 11.6 Å². The number of Topliss-reactive ketones (excluding diaryl/α,β-unsaturated/α-hetero) is 2. The molecular weight excluding hydrogens is 391 g/mol. The van der Waals surface area contributed by atoms with Crippen LogP contribution < -0.4 is 0 Å². The summed E-state index contributed by atoms with van der Waals surface area (Å²) in [5, 5.41) is 8.58. The zero-order valence-corrected chi connectivity index (χ0v) is 18.5. The van der Waals surface area contributed by atoms with Crippen LogP contribution in [0.15, 0.2) is 36.4 Å². The van der Waals surface area contributed by atoms with Crippen LogP contribution in [0.1, 0.15) is 91.5 Å². The first-order chi connectivity index (χ1) is 15.1. The van der Waals surface area contributed by atoms with Gasteiger partial charge in [0.2, 0.25) is 0 Å². The first-order valence-electron chi connectivity index (χ1n) is 11.6. The molecule has 0 aliphatic heterocycles. The van der Waals surface area contributed by atoms with Crippen molar-refractivity contribution < 1.29 is 14.0 Å². The second kappa shape index (κ2) is 11.8. The molecule has 166 valence electrons. The minimum Gasteiger partial charge on any atom is -0.300 e. The molecule has 2 aromatic rings. The van der Waals surface area contributed by atoms with Crippen molar-refractivity contribution in [1.82, 2.24) is 10.2 Å². The lowest BCUT2D eigenvalue weighted by atomic mass is 9.78. The summed E-state index contributed by atoms with van der Waals surface area (Å²) in [6, 6.07) is 11.5.